The number of hydrogen-bond donors (Lipinski definition) is 2. The van der Waals surface area contributed by atoms with E-state index in [0.29, 0.717) is 22.8 Å². The molecule has 1 saturated heterocycles. The second kappa shape index (κ2) is 12.5. The summed E-state index contributed by atoms with van der Waals surface area (Å²) in [6, 6.07) is 22.0. The third-order valence-corrected chi connectivity index (χ3v) is 7.02. The van der Waals surface area contributed by atoms with Crippen molar-refractivity contribution in [2.75, 3.05) is 20.4 Å². The highest BCUT2D eigenvalue weighted by Crippen LogP contribution is 2.48. The van der Waals surface area contributed by atoms with Crippen molar-refractivity contribution < 1.29 is 33.6 Å². The Bertz CT molecular complexity index is 1340. The summed E-state index contributed by atoms with van der Waals surface area (Å²) in [7, 11) is 1.56. The number of carboxylic acid groups (broad SMARTS) is 1. The predicted molar refractivity (Wildman–Crippen MR) is 154 cm³/mol. The van der Waals surface area contributed by atoms with Crippen molar-refractivity contribution in [3.05, 3.63) is 89.5 Å². The number of rotatable bonds is 5. The van der Waals surface area contributed by atoms with E-state index >= 15 is 0 Å². The average molecular weight is 563 g/mol. The third kappa shape index (κ3) is 7.10. The molecule has 0 spiro atoms. The molecular formula is C32H38N2O7. The van der Waals surface area contributed by atoms with E-state index < -0.39 is 35.5 Å². The molecule has 0 saturated carbocycles. The Morgan fingerprint density at radius 3 is 2.17 bits per heavy atom. The SMILES string of the molecule is CC(N)c1ccccc1.COc1ccc(C2C(C(=O)O)C(c3ccc4c(c3)OCO4)CN2C(=O)OC(C)(C)C)cc1. The molecular weight excluding hydrogens is 524 g/mol. The Morgan fingerprint density at radius 2 is 1.61 bits per heavy atom. The zero-order chi connectivity index (χ0) is 29.7. The van der Waals surface area contributed by atoms with Crippen molar-refractivity contribution in [2.45, 2.75) is 51.3 Å². The van der Waals surface area contributed by atoms with Gasteiger partial charge in [0.1, 0.15) is 11.4 Å². The lowest BCUT2D eigenvalue weighted by Gasteiger charge is -2.30. The molecule has 2 aliphatic heterocycles. The van der Waals surface area contributed by atoms with Crippen LogP contribution in [0.5, 0.6) is 17.2 Å². The standard InChI is InChI=1S/C24H27NO7.C8H11N/c1-24(2,3)32-23(28)25-12-17(15-7-10-18-19(11-15)31-13-30-18)20(22(26)27)21(25)14-5-8-16(29-4)9-6-14;1-7(9)8-5-3-2-4-6-8/h5-11,17,20-21H,12-13H2,1-4H3,(H,26,27);2-7H,9H2,1H3. The van der Waals surface area contributed by atoms with Crippen molar-refractivity contribution in [1.29, 1.82) is 0 Å². The fourth-order valence-corrected chi connectivity index (χ4v) is 5.07. The topological polar surface area (TPSA) is 121 Å². The number of aliphatic carboxylic acids is 1. The van der Waals surface area contributed by atoms with Gasteiger partial charge in [0.15, 0.2) is 11.5 Å². The zero-order valence-electron chi connectivity index (χ0n) is 24.1. The highest BCUT2D eigenvalue weighted by molar-refractivity contribution is 5.77. The van der Waals surface area contributed by atoms with Crippen molar-refractivity contribution in [1.82, 2.24) is 4.90 Å². The molecule has 0 bridgehead atoms. The van der Waals surface area contributed by atoms with Crippen LogP contribution in [0.15, 0.2) is 72.8 Å². The van der Waals surface area contributed by atoms with Gasteiger partial charge in [0.05, 0.1) is 19.1 Å². The van der Waals surface area contributed by atoms with Gasteiger partial charge in [-0.25, -0.2) is 4.79 Å². The van der Waals surface area contributed by atoms with Crippen LogP contribution in [0.3, 0.4) is 0 Å². The lowest BCUT2D eigenvalue weighted by atomic mass is 9.83. The maximum Gasteiger partial charge on any atom is 0.410 e. The molecule has 4 unspecified atom stereocenters. The van der Waals surface area contributed by atoms with Crippen LogP contribution in [0.4, 0.5) is 4.79 Å². The minimum Gasteiger partial charge on any atom is -0.497 e. The summed E-state index contributed by atoms with van der Waals surface area (Å²) >= 11 is 0. The average Bonchev–Trinajstić information content (AvgIpc) is 3.58. The van der Waals surface area contributed by atoms with Gasteiger partial charge in [-0.15, -0.1) is 0 Å². The summed E-state index contributed by atoms with van der Waals surface area (Å²) in [6.45, 7) is 7.66. The quantitative estimate of drug-likeness (QED) is 0.394. The highest BCUT2D eigenvalue weighted by Gasteiger charge is 2.50. The van der Waals surface area contributed by atoms with Gasteiger partial charge < -0.3 is 29.8 Å². The lowest BCUT2D eigenvalue weighted by Crippen LogP contribution is -2.38. The first-order valence-corrected chi connectivity index (χ1v) is 13.5. The van der Waals surface area contributed by atoms with E-state index in [1.807, 2.05) is 43.3 Å². The summed E-state index contributed by atoms with van der Waals surface area (Å²) in [6.07, 6.45) is -0.548. The first-order chi connectivity index (χ1) is 19.5. The number of nitrogens with zero attached hydrogens (tertiary/aromatic N) is 1. The smallest absolute Gasteiger partial charge is 0.410 e. The number of fused-ring (bicyclic) bond motifs is 1. The zero-order valence-corrected chi connectivity index (χ0v) is 24.1. The monoisotopic (exact) mass is 562 g/mol. The van der Waals surface area contributed by atoms with Crippen LogP contribution < -0.4 is 19.9 Å². The molecule has 9 nitrogen and oxygen atoms in total. The van der Waals surface area contributed by atoms with Crippen LogP contribution in [-0.4, -0.2) is 48.1 Å². The molecule has 0 aliphatic carbocycles. The number of carboxylic acids is 1. The minimum absolute atomic E-state index is 0.129. The molecule has 2 aliphatic rings. The van der Waals surface area contributed by atoms with E-state index in [-0.39, 0.29) is 19.4 Å². The first-order valence-electron chi connectivity index (χ1n) is 13.5. The molecule has 1 fully saturated rings. The number of carbonyl (C=O) groups excluding carboxylic acids is 1. The van der Waals surface area contributed by atoms with Crippen molar-refractivity contribution in [3.63, 3.8) is 0 Å². The van der Waals surface area contributed by atoms with Gasteiger partial charge in [0.25, 0.3) is 0 Å². The van der Waals surface area contributed by atoms with Gasteiger partial charge in [0.2, 0.25) is 6.79 Å². The Hall–Kier alpha value is -4.24. The third-order valence-electron chi connectivity index (χ3n) is 7.02. The molecule has 9 heteroatoms. The fraction of sp³-hybridized carbons (Fsp3) is 0.375. The Morgan fingerprint density at radius 1 is 0.976 bits per heavy atom. The van der Waals surface area contributed by atoms with E-state index in [0.717, 1.165) is 5.56 Å². The Labute approximate surface area is 240 Å². The Kier molecular flexibility index (Phi) is 9.08. The van der Waals surface area contributed by atoms with E-state index in [2.05, 4.69) is 0 Å². The molecule has 3 aromatic carbocycles. The number of ether oxygens (including phenoxy) is 4. The van der Waals surface area contributed by atoms with Gasteiger partial charge in [-0.1, -0.05) is 48.5 Å². The number of likely N-dealkylation sites (tertiary alicyclic amines) is 1. The van der Waals surface area contributed by atoms with Crippen LogP contribution in [0.2, 0.25) is 0 Å². The predicted octanol–water partition coefficient (Wildman–Crippen LogP) is 5.91. The van der Waals surface area contributed by atoms with Crippen LogP contribution in [0, 0.1) is 5.92 Å². The second-order valence-electron chi connectivity index (χ2n) is 11.1. The molecule has 2 heterocycles. The number of benzene rings is 3. The lowest BCUT2D eigenvalue weighted by molar-refractivity contribution is -0.143. The summed E-state index contributed by atoms with van der Waals surface area (Å²) in [5, 5.41) is 10.2. The van der Waals surface area contributed by atoms with Crippen molar-refractivity contribution in [3.8, 4) is 17.2 Å². The summed E-state index contributed by atoms with van der Waals surface area (Å²) in [5.41, 5.74) is 7.57. The van der Waals surface area contributed by atoms with Gasteiger partial charge in [0, 0.05) is 18.5 Å². The van der Waals surface area contributed by atoms with Crippen molar-refractivity contribution >= 4 is 12.1 Å². The summed E-state index contributed by atoms with van der Waals surface area (Å²) in [4.78, 5) is 27.2. The molecule has 0 radical (unpaired) electrons. The molecule has 0 aromatic heterocycles. The van der Waals surface area contributed by atoms with Crippen molar-refractivity contribution in [2.24, 2.45) is 11.7 Å². The summed E-state index contributed by atoms with van der Waals surface area (Å²) in [5.74, 6) is -0.482. The van der Waals surface area contributed by atoms with Crippen LogP contribution in [0.25, 0.3) is 0 Å². The molecule has 3 N–H and O–H groups in total. The molecule has 3 aromatic rings. The van der Waals surface area contributed by atoms with Crippen LogP contribution in [-0.2, 0) is 9.53 Å². The van der Waals surface area contributed by atoms with Gasteiger partial charge in [-0.3, -0.25) is 9.69 Å². The van der Waals surface area contributed by atoms with Crippen LogP contribution >= 0.6 is 0 Å². The normalized spacial score (nSPS) is 20.0. The van der Waals surface area contributed by atoms with Gasteiger partial charge in [-0.05, 0) is 68.7 Å². The van der Waals surface area contributed by atoms with E-state index in [4.69, 9.17) is 24.7 Å². The molecule has 218 valence electrons. The fourth-order valence-electron chi connectivity index (χ4n) is 5.07. The molecule has 41 heavy (non-hydrogen) atoms. The van der Waals surface area contributed by atoms with Gasteiger partial charge >= 0.3 is 12.1 Å². The van der Waals surface area contributed by atoms with E-state index in [1.54, 1.807) is 64.3 Å². The number of nitrogens with two attached hydrogens (primary N) is 1. The number of amides is 1. The number of hydrogen-bond acceptors (Lipinski definition) is 7. The molecule has 5 rings (SSSR count). The molecule has 4 atom stereocenters. The van der Waals surface area contributed by atoms with E-state index in [1.165, 1.54) is 10.5 Å². The number of carbonyl (C=O) groups is 2. The number of methoxy groups -OCH3 is 1. The van der Waals surface area contributed by atoms with Crippen LogP contribution in [0.1, 0.15) is 62.4 Å². The summed E-state index contributed by atoms with van der Waals surface area (Å²) < 4.78 is 21.7. The van der Waals surface area contributed by atoms with Gasteiger partial charge in [-0.2, -0.15) is 0 Å². The largest absolute Gasteiger partial charge is 0.497 e. The maximum atomic E-state index is 13.1. The maximum absolute atomic E-state index is 13.1. The highest BCUT2D eigenvalue weighted by atomic mass is 16.7. The minimum atomic E-state index is -0.987. The second-order valence-corrected chi connectivity index (χ2v) is 11.1. The molecule has 1 amide bonds. The first kappa shape index (κ1) is 29.7. The van der Waals surface area contributed by atoms with E-state index in [9.17, 15) is 14.7 Å². The Balaban J connectivity index is 0.000000367.